The highest BCUT2D eigenvalue weighted by atomic mass is 79.9. The average molecular weight is 242 g/mol. The molecule has 1 rings (SSSR count). The van der Waals surface area contributed by atoms with E-state index >= 15 is 0 Å². The maximum Gasteiger partial charge on any atom is 0.0353 e. The van der Waals surface area contributed by atoms with Crippen LogP contribution in [0.3, 0.4) is 0 Å². The molecular weight excluding hydrogens is 226 g/mol. The Morgan fingerprint density at radius 1 is 1.46 bits per heavy atom. The second kappa shape index (κ2) is 5.28. The summed E-state index contributed by atoms with van der Waals surface area (Å²) in [7, 11) is 0. The number of halogens is 1. The number of hydrogen-bond acceptors (Lipinski definition) is 1. The van der Waals surface area contributed by atoms with E-state index in [-0.39, 0.29) is 0 Å². The zero-order chi connectivity index (χ0) is 9.68. The molecule has 0 radical (unpaired) electrons. The first kappa shape index (κ1) is 10.6. The fourth-order valence-corrected chi connectivity index (χ4v) is 1.77. The lowest BCUT2D eigenvalue weighted by molar-refractivity contribution is 0.690. The molecule has 1 atom stereocenters. The van der Waals surface area contributed by atoms with E-state index in [1.807, 2.05) is 12.1 Å². The molecule has 1 unspecified atom stereocenters. The molecule has 0 aliphatic rings. The third kappa shape index (κ3) is 3.81. The van der Waals surface area contributed by atoms with Gasteiger partial charge in [0.25, 0.3) is 0 Å². The summed E-state index contributed by atoms with van der Waals surface area (Å²) < 4.78 is 1.13. The molecule has 0 heterocycles. The fraction of sp³-hybridized carbons (Fsp3) is 0.455. The van der Waals surface area contributed by atoms with E-state index < -0.39 is 0 Å². The van der Waals surface area contributed by atoms with Gasteiger partial charge in [0.2, 0.25) is 0 Å². The van der Waals surface area contributed by atoms with Gasteiger partial charge in [-0.3, -0.25) is 0 Å². The topological polar surface area (TPSA) is 12.0 Å². The Balaban J connectivity index is 2.53. The van der Waals surface area contributed by atoms with Gasteiger partial charge in [0, 0.05) is 16.2 Å². The van der Waals surface area contributed by atoms with Crippen LogP contribution in [0, 0.1) is 0 Å². The lowest BCUT2D eigenvalue weighted by Crippen LogP contribution is -2.14. The van der Waals surface area contributed by atoms with E-state index in [1.54, 1.807) is 0 Å². The van der Waals surface area contributed by atoms with E-state index in [1.165, 1.54) is 18.5 Å². The highest BCUT2D eigenvalue weighted by molar-refractivity contribution is 9.10. The zero-order valence-electron chi connectivity index (χ0n) is 8.18. The average Bonchev–Trinajstić information content (AvgIpc) is 2.04. The fourth-order valence-electron chi connectivity index (χ4n) is 1.37. The normalized spacial score (nSPS) is 12.5. The monoisotopic (exact) mass is 241 g/mol. The van der Waals surface area contributed by atoms with Gasteiger partial charge in [0.1, 0.15) is 0 Å². The first-order chi connectivity index (χ1) is 6.22. The summed E-state index contributed by atoms with van der Waals surface area (Å²) in [5.41, 5.74) is 1.19. The number of nitrogens with one attached hydrogen (secondary N) is 1. The largest absolute Gasteiger partial charge is 0.383 e. The van der Waals surface area contributed by atoms with E-state index in [0.717, 1.165) is 4.47 Å². The Kier molecular flexibility index (Phi) is 4.29. The van der Waals surface area contributed by atoms with Gasteiger partial charge in [0.05, 0.1) is 0 Å². The highest BCUT2D eigenvalue weighted by Crippen LogP contribution is 2.17. The zero-order valence-corrected chi connectivity index (χ0v) is 9.76. The number of benzene rings is 1. The van der Waals surface area contributed by atoms with Crippen LogP contribution in [0.15, 0.2) is 28.7 Å². The third-order valence-corrected chi connectivity index (χ3v) is 2.45. The van der Waals surface area contributed by atoms with E-state index in [4.69, 9.17) is 0 Å². The molecular formula is C11H16BrN. The molecule has 13 heavy (non-hydrogen) atoms. The van der Waals surface area contributed by atoms with Gasteiger partial charge >= 0.3 is 0 Å². The van der Waals surface area contributed by atoms with Crippen LogP contribution in [-0.4, -0.2) is 6.04 Å². The number of hydrogen-bond donors (Lipinski definition) is 1. The van der Waals surface area contributed by atoms with Gasteiger partial charge in [-0.05, 0) is 31.5 Å². The molecule has 0 saturated carbocycles. The smallest absolute Gasteiger partial charge is 0.0353 e. The van der Waals surface area contributed by atoms with Crippen molar-refractivity contribution in [3.8, 4) is 0 Å². The number of rotatable bonds is 4. The Morgan fingerprint density at radius 3 is 2.85 bits per heavy atom. The second-order valence-electron chi connectivity index (χ2n) is 3.34. The van der Waals surface area contributed by atoms with Crippen molar-refractivity contribution in [3.63, 3.8) is 0 Å². The van der Waals surface area contributed by atoms with Crippen molar-refractivity contribution in [2.24, 2.45) is 0 Å². The Labute approximate surface area is 88.7 Å². The van der Waals surface area contributed by atoms with Crippen LogP contribution in [0.5, 0.6) is 0 Å². The van der Waals surface area contributed by atoms with Crippen molar-refractivity contribution in [1.82, 2.24) is 0 Å². The summed E-state index contributed by atoms with van der Waals surface area (Å²) in [6.07, 6.45) is 2.44. The molecule has 2 heteroatoms. The molecule has 1 nitrogen and oxygen atoms in total. The van der Waals surface area contributed by atoms with Gasteiger partial charge in [-0.15, -0.1) is 0 Å². The van der Waals surface area contributed by atoms with E-state index in [9.17, 15) is 0 Å². The van der Waals surface area contributed by atoms with Gasteiger partial charge in [-0.1, -0.05) is 35.3 Å². The molecule has 0 spiro atoms. The van der Waals surface area contributed by atoms with Crippen LogP contribution in [0.2, 0.25) is 0 Å². The van der Waals surface area contributed by atoms with Crippen molar-refractivity contribution in [1.29, 1.82) is 0 Å². The Hall–Kier alpha value is -0.500. The van der Waals surface area contributed by atoms with E-state index in [0.29, 0.717) is 6.04 Å². The van der Waals surface area contributed by atoms with Gasteiger partial charge in [-0.25, -0.2) is 0 Å². The predicted octanol–water partition coefficient (Wildman–Crippen LogP) is 4.05. The summed E-state index contributed by atoms with van der Waals surface area (Å²) in [5.74, 6) is 0. The third-order valence-electron chi connectivity index (χ3n) is 1.96. The molecule has 0 amide bonds. The van der Waals surface area contributed by atoms with Crippen molar-refractivity contribution >= 4 is 21.6 Å². The summed E-state index contributed by atoms with van der Waals surface area (Å²) in [6.45, 7) is 4.42. The second-order valence-corrected chi connectivity index (χ2v) is 4.26. The highest BCUT2D eigenvalue weighted by Gasteiger charge is 1.99. The molecule has 0 aromatic heterocycles. The van der Waals surface area contributed by atoms with E-state index in [2.05, 4.69) is 47.2 Å². The standard InChI is InChI=1S/C11H16BrN/c1-3-5-9(2)13-11-7-4-6-10(12)8-11/h4,6-9,13H,3,5H2,1-2H3. The number of anilines is 1. The predicted molar refractivity (Wildman–Crippen MR) is 62.1 cm³/mol. The van der Waals surface area contributed by atoms with Crippen molar-refractivity contribution in [2.45, 2.75) is 32.7 Å². The molecule has 0 saturated heterocycles. The molecule has 1 N–H and O–H groups in total. The molecule has 0 bridgehead atoms. The first-order valence-electron chi connectivity index (χ1n) is 4.74. The van der Waals surface area contributed by atoms with Crippen molar-refractivity contribution < 1.29 is 0 Å². The van der Waals surface area contributed by atoms with Crippen LogP contribution >= 0.6 is 15.9 Å². The van der Waals surface area contributed by atoms with Crippen LogP contribution < -0.4 is 5.32 Å². The van der Waals surface area contributed by atoms with Crippen LogP contribution in [-0.2, 0) is 0 Å². The first-order valence-corrected chi connectivity index (χ1v) is 5.53. The Bertz CT molecular complexity index is 260. The molecule has 0 aliphatic carbocycles. The van der Waals surface area contributed by atoms with Crippen molar-refractivity contribution in [2.75, 3.05) is 5.32 Å². The minimum absolute atomic E-state index is 0.555. The molecule has 72 valence electrons. The van der Waals surface area contributed by atoms with Crippen LogP contribution in [0.1, 0.15) is 26.7 Å². The Morgan fingerprint density at radius 2 is 2.23 bits per heavy atom. The summed E-state index contributed by atoms with van der Waals surface area (Å²) in [4.78, 5) is 0. The minimum atomic E-state index is 0.555. The lowest BCUT2D eigenvalue weighted by atomic mass is 10.2. The van der Waals surface area contributed by atoms with Crippen LogP contribution in [0.25, 0.3) is 0 Å². The summed E-state index contributed by atoms with van der Waals surface area (Å²) in [6, 6.07) is 8.84. The summed E-state index contributed by atoms with van der Waals surface area (Å²) in [5, 5.41) is 3.45. The van der Waals surface area contributed by atoms with Gasteiger partial charge < -0.3 is 5.32 Å². The summed E-state index contributed by atoms with van der Waals surface area (Å²) >= 11 is 3.45. The quantitative estimate of drug-likeness (QED) is 0.839. The van der Waals surface area contributed by atoms with Crippen molar-refractivity contribution in [3.05, 3.63) is 28.7 Å². The maximum atomic E-state index is 3.45. The lowest BCUT2D eigenvalue weighted by Gasteiger charge is -2.14. The molecule has 1 aromatic rings. The molecule has 0 aliphatic heterocycles. The molecule has 1 aromatic carbocycles. The van der Waals surface area contributed by atoms with Gasteiger partial charge in [0.15, 0.2) is 0 Å². The molecule has 0 fully saturated rings. The minimum Gasteiger partial charge on any atom is -0.383 e. The van der Waals surface area contributed by atoms with Gasteiger partial charge in [-0.2, -0.15) is 0 Å². The maximum absolute atomic E-state index is 3.45. The SMILES string of the molecule is CCCC(C)Nc1cccc(Br)c1. The van der Waals surface area contributed by atoms with Crippen LogP contribution in [0.4, 0.5) is 5.69 Å².